The number of aromatic nitrogens is 2. The summed E-state index contributed by atoms with van der Waals surface area (Å²) in [6.07, 6.45) is 9.70. The second-order valence-corrected chi connectivity index (χ2v) is 8.99. The predicted molar refractivity (Wildman–Crippen MR) is 125 cm³/mol. The van der Waals surface area contributed by atoms with Gasteiger partial charge in [0.05, 0.1) is 6.54 Å². The molecule has 1 heterocycles. The van der Waals surface area contributed by atoms with Crippen LogP contribution < -0.4 is 0 Å². The van der Waals surface area contributed by atoms with Crippen molar-refractivity contribution >= 4 is 5.91 Å². The summed E-state index contributed by atoms with van der Waals surface area (Å²) in [6.45, 7) is 7.66. The highest BCUT2D eigenvalue weighted by Crippen LogP contribution is 2.26. The van der Waals surface area contributed by atoms with Crippen molar-refractivity contribution in [2.75, 3.05) is 0 Å². The lowest BCUT2D eigenvalue weighted by atomic mass is 9.93. The first-order valence-electron chi connectivity index (χ1n) is 11.4. The molecule has 0 aliphatic heterocycles. The van der Waals surface area contributed by atoms with Gasteiger partial charge < -0.3 is 9.47 Å². The highest BCUT2D eigenvalue weighted by molar-refractivity contribution is 5.94. The van der Waals surface area contributed by atoms with Gasteiger partial charge >= 0.3 is 0 Å². The third kappa shape index (κ3) is 5.07. The van der Waals surface area contributed by atoms with Gasteiger partial charge in [0.25, 0.3) is 5.91 Å². The van der Waals surface area contributed by atoms with E-state index >= 15 is 0 Å². The minimum atomic E-state index is 0.119. The van der Waals surface area contributed by atoms with E-state index in [9.17, 15) is 4.79 Å². The molecule has 0 saturated heterocycles. The molecule has 4 heteroatoms. The number of nitrogens with zero attached hydrogens (tertiary/aromatic N) is 3. The summed E-state index contributed by atoms with van der Waals surface area (Å²) in [5.41, 5.74) is 5.78. The number of hydrogen-bond donors (Lipinski definition) is 0. The summed E-state index contributed by atoms with van der Waals surface area (Å²) in [4.78, 5) is 20.3. The van der Waals surface area contributed by atoms with Gasteiger partial charge in [0.1, 0.15) is 5.82 Å². The Labute approximate surface area is 185 Å². The maximum atomic E-state index is 13.5. The second-order valence-electron chi connectivity index (χ2n) is 8.99. The van der Waals surface area contributed by atoms with Crippen molar-refractivity contribution in [3.8, 4) is 0 Å². The number of carbonyl (C=O) groups is 1. The predicted octanol–water partition coefficient (Wildman–Crippen LogP) is 5.83. The average Bonchev–Trinajstić information content (AvgIpc) is 3.22. The SMILES string of the molecule is Cc1ccc(C(=O)N(Cc2nccn2Cc2cc(C)ccc2C)C2CCCCC2)cc1. The smallest absolute Gasteiger partial charge is 0.254 e. The van der Waals surface area contributed by atoms with Crippen molar-refractivity contribution in [2.45, 2.75) is 72.0 Å². The van der Waals surface area contributed by atoms with Gasteiger partial charge in [0.2, 0.25) is 0 Å². The lowest BCUT2D eigenvalue weighted by Gasteiger charge is -2.34. The second kappa shape index (κ2) is 9.51. The molecule has 31 heavy (non-hydrogen) atoms. The van der Waals surface area contributed by atoms with Crippen molar-refractivity contribution in [1.82, 2.24) is 14.5 Å². The van der Waals surface area contributed by atoms with Crippen LogP contribution in [0.3, 0.4) is 0 Å². The molecule has 0 bridgehead atoms. The molecule has 4 rings (SSSR count). The third-order valence-corrected chi connectivity index (χ3v) is 6.53. The summed E-state index contributed by atoms with van der Waals surface area (Å²) in [6, 6.07) is 14.8. The van der Waals surface area contributed by atoms with Gasteiger partial charge in [-0.05, 0) is 56.9 Å². The van der Waals surface area contributed by atoms with Crippen molar-refractivity contribution in [2.24, 2.45) is 0 Å². The molecule has 1 fully saturated rings. The summed E-state index contributed by atoms with van der Waals surface area (Å²) in [7, 11) is 0. The zero-order valence-corrected chi connectivity index (χ0v) is 19.0. The van der Waals surface area contributed by atoms with Crippen LogP contribution >= 0.6 is 0 Å². The fourth-order valence-electron chi connectivity index (χ4n) is 4.56. The van der Waals surface area contributed by atoms with Gasteiger partial charge in [-0.3, -0.25) is 4.79 Å². The van der Waals surface area contributed by atoms with Gasteiger partial charge in [-0.2, -0.15) is 0 Å². The van der Waals surface area contributed by atoms with Gasteiger partial charge in [-0.1, -0.05) is 60.7 Å². The van der Waals surface area contributed by atoms with E-state index in [-0.39, 0.29) is 11.9 Å². The van der Waals surface area contributed by atoms with Crippen LogP contribution in [0.4, 0.5) is 0 Å². The lowest BCUT2D eigenvalue weighted by Crippen LogP contribution is -2.41. The van der Waals surface area contributed by atoms with Crippen LogP contribution in [0.25, 0.3) is 0 Å². The van der Waals surface area contributed by atoms with E-state index in [0.717, 1.165) is 30.8 Å². The largest absolute Gasteiger partial charge is 0.329 e. The van der Waals surface area contributed by atoms with Gasteiger partial charge in [-0.15, -0.1) is 0 Å². The van der Waals surface area contributed by atoms with E-state index in [1.54, 1.807) is 0 Å². The molecule has 1 amide bonds. The zero-order chi connectivity index (χ0) is 21.8. The number of carbonyl (C=O) groups excluding carboxylic acids is 1. The van der Waals surface area contributed by atoms with Crippen molar-refractivity contribution in [3.05, 3.63) is 88.5 Å². The summed E-state index contributed by atoms with van der Waals surface area (Å²) >= 11 is 0. The molecule has 0 radical (unpaired) electrons. The van der Waals surface area contributed by atoms with Gasteiger partial charge in [-0.25, -0.2) is 4.98 Å². The number of rotatable bonds is 6. The van der Waals surface area contributed by atoms with Crippen molar-refractivity contribution in [3.63, 3.8) is 0 Å². The molecule has 0 N–H and O–H groups in total. The molecule has 2 aromatic carbocycles. The first kappa shape index (κ1) is 21.4. The monoisotopic (exact) mass is 415 g/mol. The summed E-state index contributed by atoms with van der Waals surface area (Å²) in [5, 5.41) is 0. The standard InChI is InChI=1S/C27H33N3O/c1-20-10-13-23(14-11-20)27(31)30(25-7-5-4-6-8-25)19-26-28-15-16-29(26)18-24-17-21(2)9-12-22(24)3/h9-17,25H,4-8,18-19H2,1-3H3. The maximum absolute atomic E-state index is 13.5. The van der Waals surface area contributed by atoms with Crippen LogP contribution in [0.5, 0.6) is 0 Å². The van der Waals surface area contributed by atoms with E-state index < -0.39 is 0 Å². The van der Waals surface area contributed by atoms with Crippen LogP contribution in [0.1, 0.15) is 70.5 Å². The van der Waals surface area contributed by atoms with Crippen LogP contribution in [0.2, 0.25) is 0 Å². The van der Waals surface area contributed by atoms with Gasteiger partial charge in [0, 0.05) is 30.5 Å². The molecule has 1 aromatic heterocycles. The molecule has 0 unspecified atom stereocenters. The molecular formula is C27H33N3O. The zero-order valence-electron chi connectivity index (χ0n) is 19.0. The number of imidazole rings is 1. The Bertz CT molecular complexity index is 1030. The highest BCUT2D eigenvalue weighted by Gasteiger charge is 2.27. The fraction of sp³-hybridized carbons (Fsp3) is 0.407. The minimum absolute atomic E-state index is 0.119. The molecule has 0 atom stereocenters. The first-order valence-corrected chi connectivity index (χ1v) is 11.4. The van der Waals surface area contributed by atoms with E-state index in [0.29, 0.717) is 6.54 Å². The Morgan fingerprint density at radius 1 is 1.00 bits per heavy atom. The van der Waals surface area contributed by atoms with E-state index in [4.69, 9.17) is 0 Å². The van der Waals surface area contributed by atoms with Crippen LogP contribution in [0.15, 0.2) is 54.9 Å². The Balaban J connectivity index is 1.60. The highest BCUT2D eigenvalue weighted by atomic mass is 16.2. The molecule has 4 nitrogen and oxygen atoms in total. The molecule has 162 valence electrons. The van der Waals surface area contributed by atoms with Gasteiger partial charge in [0.15, 0.2) is 0 Å². The molecule has 1 aliphatic rings. The Kier molecular flexibility index (Phi) is 6.55. The molecule has 1 aliphatic carbocycles. The molecule has 0 spiro atoms. The third-order valence-electron chi connectivity index (χ3n) is 6.53. The maximum Gasteiger partial charge on any atom is 0.254 e. The van der Waals surface area contributed by atoms with E-state index in [2.05, 4.69) is 53.4 Å². The Morgan fingerprint density at radius 2 is 1.71 bits per heavy atom. The van der Waals surface area contributed by atoms with Crippen LogP contribution in [-0.4, -0.2) is 26.4 Å². The average molecular weight is 416 g/mol. The number of amides is 1. The van der Waals surface area contributed by atoms with E-state index in [1.165, 1.54) is 41.5 Å². The summed E-state index contributed by atoms with van der Waals surface area (Å²) in [5.74, 6) is 1.07. The Morgan fingerprint density at radius 3 is 2.45 bits per heavy atom. The molecule has 3 aromatic rings. The summed E-state index contributed by atoms with van der Waals surface area (Å²) < 4.78 is 2.19. The molecule has 1 saturated carbocycles. The van der Waals surface area contributed by atoms with Crippen LogP contribution in [0, 0.1) is 20.8 Å². The number of hydrogen-bond acceptors (Lipinski definition) is 2. The van der Waals surface area contributed by atoms with Crippen molar-refractivity contribution < 1.29 is 4.79 Å². The minimum Gasteiger partial charge on any atom is -0.329 e. The van der Waals surface area contributed by atoms with Crippen molar-refractivity contribution in [1.29, 1.82) is 0 Å². The number of aryl methyl sites for hydroxylation is 3. The molecular weight excluding hydrogens is 382 g/mol. The fourth-order valence-corrected chi connectivity index (χ4v) is 4.56. The van der Waals surface area contributed by atoms with E-state index in [1.807, 2.05) is 36.7 Å². The first-order chi connectivity index (χ1) is 15.0. The topological polar surface area (TPSA) is 38.1 Å². The quantitative estimate of drug-likeness (QED) is 0.508. The number of benzene rings is 2. The normalized spacial score (nSPS) is 14.5. The lowest BCUT2D eigenvalue weighted by molar-refractivity contribution is 0.0605. The Hall–Kier alpha value is -2.88. The van der Waals surface area contributed by atoms with Crippen LogP contribution in [-0.2, 0) is 13.1 Å².